The summed E-state index contributed by atoms with van der Waals surface area (Å²) >= 11 is 2.50. The number of cyclic esters (lactones) is 1. The van der Waals surface area contributed by atoms with Crippen LogP contribution in [0.5, 0.6) is 11.5 Å². The third kappa shape index (κ3) is 47.0. The maximum atomic E-state index is 12.7. The van der Waals surface area contributed by atoms with Gasteiger partial charge in [0.2, 0.25) is 23.2 Å². The van der Waals surface area contributed by atoms with E-state index in [0.717, 1.165) is 101 Å². The number of aryl methyl sites for hydroxylation is 1. The van der Waals surface area contributed by atoms with Crippen molar-refractivity contribution in [2.45, 2.75) is 291 Å². The van der Waals surface area contributed by atoms with Crippen molar-refractivity contribution in [3.63, 3.8) is 0 Å². The molecule has 47 heteroatoms. The number of imidazole rings is 2. The van der Waals surface area contributed by atoms with Crippen molar-refractivity contribution in [2.24, 2.45) is 63.1 Å². The zero-order valence-electron chi connectivity index (χ0n) is 87.4. The van der Waals surface area contributed by atoms with Gasteiger partial charge < -0.3 is 54.1 Å². The van der Waals surface area contributed by atoms with E-state index in [1.165, 1.54) is 36.4 Å². The first kappa shape index (κ1) is 127. The van der Waals surface area contributed by atoms with Crippen LogP contribution in [0.2, 0.25) is 0 Å². The number of carbonyl (C=O) groups is 6. The molecule has 13 N–H and O–H groups in total. The number of alkyl carbamates (subject to hydrolysis) is 1. The number of amides is 6. The molecule has 14 heterocycles. The molecule has 0 saturated carbocycles. The number of nitrogens with zero attached hydrogens (tertiary/aromatic N) is 14. The maximum absolute atomic E-state index is 12.7. The molecular weight excluding hydrogens is 1900 g/mol. The van der Waals surface area contributed by atoms with Crippen LogP contribution in [0.25, 0.3) is 0 Å². The molecule has 5 aliphatic rings. The second kappa shape index (κ2) is 63.8. The number of thioether (sulfide) groups is 1. The number of halogens is 2. The normalized spacial score (nSPS) is 14.6. The second-order valence-electron chi connectivity index (χ2n) is 37.1. The van der Waals surface area contributed by atoms with Crippen LogP contribution < -0.4 is 43.7 Å². The van der Waals surface area contributed by atoms with Gasteiger partial charge in [0.25, 0.3) is 27.8 Å². The Balaban J connectivity index is 0.000000767. The number of oxime groups is 1. The number of hydrogen-bond acceptors (Lipinski definition) is 33. The summed E-state index contributed by atoms with van der Waals surface area (Å²) in [6.45, 7) is 63.5. The fourth-order valence-corrected chi connectivity index (χ4v) is 12.9. The minimum Gasteiger partial charge on any atom is -0.503 e. The molecule has 3 atom stereocenters. The Bertz CT molecular complexity index is 5590. The SMILES string of the molecule is C=C1CC(C(C)C)=NO1.CC(C)C1=NN=NC1.CC(C)C1CC(=O)NC1=O.CC(C)C1OC(=O)NC1=O.CC(C)C1SC(=O)NC1=O.CC(C)c1c[nH]oc1=O.CC(C)c1cc(=O)[nH]n1C.CC(C)c1cc(=O)[nH]o1.CC(C)c1cc(=O)[nH]s1.CC(C)c1cc(F)c(O)c(F)c1.CC(C)c1ccnn1O.CC(C)c1cncn1O.CC(C)c1cnnn1O.CC(C)c1cocc(O)c1=O.CC(C)c1nccn1O. The minimum absolute atomic E-state index is 0.0173. The molecule has 3 unspecified atom stereocenters. The predicted octanol–water partition coefficient (Wildman–Crippen LogP) is 18.2. The lowest BCUT2D eigenvalue weighted by molar-refractivity contribution is -0.126. The summed E-state index contributed by atoms with van der Waals surface area (Å²) in [4.78, 5) is 133. The number of imide groups is 3. The molecule has 0 aliphatic carbocycles. The number of aromatic hydroxyl groups is 2. The number of nitrogens with one attached hydrogen (secondary N) is 7. The van der Waals surface area contributed by atoms with Crippen LogP contribution in [0, 0.1) is 47.1 Å². The number of H-pyrrole nitrogens is 4. The van der Waals surface area contributed by atoms with Gasteiger partial charge in [-0.25, -0.2) is 33.5 Å². The standard InChI is InChI=1S/C9H10F2O.C8H10O3.C7H12N2O.C7H11NO2.C7H11NO.3C6H10N2O.C6H9NO3.C6H9NO2S.2C6H9NO2.C6H9NOS.C5H9N3O.C5H9N3/c1-5(2)6-3-7(10)9(12)8(11)4-6;1-5(2)6-3-11-4-7(9)8(6)10;1-5(2)6-4-7(10)8-9(6)3;1-4(2)5-3-6(9)8-7(5)10;1-5(2)7-4-6(3)9-8-7;1-5(2)6-3-7-4-8(6)9;1-5(2)6-7-3-4-8(6)9;1-5(2)6-3-4-7-8(6)9;2*1-3(2)4-5(8)7-6(9)10-4;1-4(2)5-3-7-9-6(5)8;2*1-4(2)5-3-6(8)7-9-5;1-4(2)5-3-6-7-8(5)9;1-4(2)5-3-6-8-7-5/h3-5,12H,1-2H3;3-5,9H,1-2H3;4-5H,1-3H3,(H,8,10);4-5H,3H2,1-2H3,(H,8,9,10);5H,3-4H2,1-2H3;3*3-5,9H,1-2H3;2*3-4H,1-2H3,(H,7,8,9);3-4,7H,1-2H3;2*3-4H,1-2H3,(H,7,8);3-4,9H,1-2H3;4H,3H2,1-2H3. The Morgan fingerprint density at radius 2 is 1.15 bits per heavy atom. The molecule has 3 saturated heterocycles. The molecule has 9 aromatic heterocycles. The molecular formula is C96H147F2N21O22S2. The van der Waals surface area contributed by atoms with Gasteiger partial charge in [0.1, 0.15) is 42.2 Å². The lowest BCUT2D eigenvalue weighted by Gasteiger charge is -2.08. The molecule has 0 bridgehead atoms. The van der Waals surface area contributed by atoms with E-state index in [0.29, 0.717) is 76.7 Å². The lowest BCUT2D eigenvalue weighted by Crippen LogP contribution is -2.27. The molecule has 43 nitrogen and oxygen atoms in total. The largest absolute Gasteiger partial charge is 0.503 e. The third-order valence-corrected chi connectivity index (χ3v) is 22.4. The van der Waals surface area contributed by atoms with Gasteiger partial charge in [-0.05, 0) is 105 Å². The summed E-state index contributed by atoms with van der Waals surface area (Å²) in [6.07, 6.45) is 13.2. The average Bonchev–Trinajstić information content (AvgIpc) is 0.961. The van der Waals surface area contributed by atoms with Gasteiger partial charge >= 0.3 is 11.7 Å². The van der Waals surface area contributed by atoms with Crippen LogP contribution in [0.1, 0.15) is 336 Å². The van der Waals surface area contributed by atoms with E-state index in [9.17, 15) is 61.5 Å². The van der Waals surface area contributed by atoms with E-state index >= 15 is 0 Å². The summed E-state index contributed by atoms with van der Waals surface area (Å²) in [5, 5.41) is 92.2. The second-order valence-corrected chi connectivity index (χ2v) is 39.1. The summed E-state index contributed by atoms with van der Waals surface area (Å²) in [6, 6.07) is 8.82. The molecule has 15 rings (SSSR count). The van der Waals surface area contributed by atoms with Gasteiger partial charge in [-0.2, -0.15) is 19.7 Å². The van der Waals surface area contributed by atoms with Gasteiger partial charge in [0, 0.05) is 90.3 Å². The Morgan fingerprint density at radius 1 is 0.552 bits per heavy atom. The van der Waals surface area contributed by atoms with Crippen LogP contribution in [0.4, 0.5) is 18.4 Å². The summed E-state index contributed by atoms with van der Waals surface area (Å²) in [5.74, 6) is 2.61. The fourth-order valence-electron chi connectivity index (χ4n) is 11.4. The number of hydrogen-bond donors (Lipinski definition) is 13. The van der Waals surface area contributed by atoms with Crippen molar-refractivity contribution in [1.82, 2.24) is 84.9 Å². The molecule has 6 amide bonds. The minimum atomic E-state index is -0.904. The van der Waals surface area contributed by atoms with Crippen molar-refractivity contribution >= 4 is 69.7 Å². The molecule has 5 aliphatic heterocycles. The summed E-state index contributed by atoms with van der Waals surface area (Å²) in [7, 11) is 1.84. The first-order chi connectivity index (χ1) is 66.6. The monoisotopic (exact) mass is 2050 g/mol. The predicted molar refractivity (Wildman–Crippen MR) is 539 cm³/mol. The number of allylic oxidation sites excluding steroid dienone is 1. The van der Waals surface area contributed by atoms with E-state index in [1.807, 2.05) is 165 Å². The van der Waals surface area contributed by atoms with E-state index in [1.54, 1.807) is 53.9 Å². The molecule has 10 aromatic rings. The number of aromatic amines is 4. The molecule has 0 radical (unpaired) electrons. The highest BCUT2D eigenvalue weighted by Crippen LogP contribution is 2.28. The fraction of sp³-hybridized carbons (Fsp3) is 0.542. The van der Waals surface area contributed by atoms with Gasteiger partial charge in [-0.3, -0.25) is 73.3 Å². The smallest absolute Gasteiger partial charge is 0.414 e. The van der Waals surface area contributed by atoms with Crippen molar-refractivity contribution in [1.29, 1.82) is 0 Å². The highest BCUT2D eigenvalue weighted by Gasteiger charge is 2.36. The molecule has 0 spiro atoms. The van der Waals surface area contributed by atoms with Gasteiger partial charge in [-0.15, -0.1) is 20.1 Å². The van der Waals surface area contributed by atoms with Crippen molar-refractivity contribution in [2.75, 3.05) is 6.54 Å². The van der Waals surface area contributed by atoms with E-state index in [4.69, 9.17) is 44.8 Å². The van der Waals surface area contributed by atoms with E-state index < -0.39 is 29.6 Å². The van der Waals surface area contributed by atoms with E-state index in [2.05, 4.69) is 148 Å². The number of rotatable bonds is 15. The van der Waals surface area contributed by atoms with Gasteiger partial charge in [0.15, 0.2) is 29.2 Å². The van der Waals surface area contributed by atoms with Gasteiger partial charge in [0.05, 0.1) is 64.7 Å². The van der Waals surface area contributed by atoms with Crippen molar-refractivity contribution < 1.29 is 91.6 Å². The Morgan fingerprint density at radius 3 is 1.39 bits per heavy atom. The Labute approximate surface area is 838 Å². The topological polar surface area (TPSA) is 605 Å². The molecule has 794 valence electrons. The number of benzene rings is 1. The number of aromatic nitrogens is 14. The summed E-state index contributed by atoms with van der Waals surface area (Å²) in [5.41, 5.74) is 6.63. The molecule has 1 aromatic carbocycles. The Hall–Kier alpha value is -13.9. The average molecular weight is 2050 g/mol. The quantitative estimate of drug-likeness (QED) is 0.0335. The highest BCUT2D eigenvalue weighted by atomic mass is 32.2. The van der Waals surface area contributed by atoms with E-state index in [-0.39, 0.29) is 127 Å². The lowest BCUT2D eigenvalue weighted by atomic mass is 9.95. The molecule has 143 heavy (non-hydrogen) atoms. The first-order valence-electron chi connectivity index (χ1n) is 46.3. The number of phenolic OH excluding ortho intramolecular Hbond substituents is 1. The number of ether oxygens (including phenoxy) is 1. The number of phenols is 1. The zero-order valence-corrected chi connectivity index (χ0v) is 89.1. The zero-order chi connectivity index (χ0) is 109. The van der Waals surface area contributed by atoms with Crippen LogP contribution in [0.3, 0.4) is 0 Å². The molecule has 3 fully saturated rings. The summed E-state index contributed by atoms with van der Waals surface area (Å²) < 4.78 is 50.5. The third-order valence-electron chi connectivity index (χ3n) is 19.9. The van der Waals surface area contributed by atoms with Crippen LogP contribution in [-0.4, -0.2) is 164 Å². The van der Waals surface area contributed by atoms with Crippen LogP contribution in [0.15, 0.2) is 163 Å². The highest BCUT2D eigenvalue weighted by molar-refractivity contribution is 8.15. The number of carbonyl (C=O) groups excluding carboxylic acids is 6. The van der Waals surface area contributed by atoms with Gasteiger partial charge in [-0.1, -0.05) is 248 Å². The van der Waals surface area contributed by atoms with Crippen molar-refractivity contribution in [3.05, 3.63) is 224 Å². The maximum Gasteiger partial charge on any atom is 0.414 e. The first-order valence-corrected chi connectivity index (χ1v) is 48.0. The Kier molecular flexibility index (Phi) is 56.7. The van der Waals surface area contributed by atoms with Crippen LogP contribution >= 0.6 is 23.3 Å². The van der Waals surface area contributed by atoms with Crippen molar-refractivity contribution in [3.8, 4) is 11.5 Å². The van der Waals surface area contributed by atoms with Crippen LogP contribution in [-0.2, 0) is 35.8 Å².